The lowest BCUT2D eigenvalue weighted by Gasteiger charge is -2.29. The zero-order valence-electron chi connectivity index (χ0n) is 38.4. The summed E-state index contributed by atoms with van der Waals surface area (Å²) in [6.45, 7) is 19.8. The maximum absolute atomic E-state index is 13.9. The van der Waals surface area contributed by atoms with E-state index < -0.39 is 0 Å². The molecule has 1 aliphatic heterocycles. The van der Waals surface area contributed by atoms with Crippen LogP contribution in [-0.2, 0) is 27.5 Å². The van der Waals surface area contributed by atoms with E-state index in [0.29, 0.717) is 24.4 Å². The first kappa shape index (κ1) is 48.2. The molecule has 0 aliphatic carbocycles. The Morgan fingerprint density at radius 3 is 2.17 bits per heavy atom. The van der Waals surface area contributed by atoms with Crippen LogP contribution in [0.2, 0.25) is 0 Å². The quantitative estimate of drug-likeness (QED) is 0.0256. The van der Waals surface area contributed by atoms with E-state index in [1.807, 2.05) is 30.3 Å². The lowest BCUT2D eigenvalue weighted by atomic mass is 9.97. The number of amides is 1. The van der Waals surface area contributed by atoms with E-state index in [9.17, 15) is 20.1 Å². The number of carbonyl (C=O) groups is 2. The number of rotatable bonds is 27. The Morgan fingerprint density at radius 1 is 0.794 bits per heavy atom. The Labute approximate surface area is 376 Å². The van der Waals surface area contributed by atoms with Gasteiger partial charge in [-0.2, -0.15) is 5.26 Å². The molecule has 2 heterocycles. The number of aryl methyl sites for hydroxylation is 1. The van der Waals surface area contributed by atoms with Gasteiger partial charge in [-0.3, -0.25) is 9.59 Å². The van der Waals surface area contributed by atoms with Crippen molar-refractivity contribution in [3.05, 3.63) is 106 Å². The van der Waals surface area contributed by atoms with E-state index in [1.165, 1.54) is 65.2 Å². The van der Waals surface area contributed by atoms with Crippen molar-refractivity contribution >= 4 is 44.9 Å². The smallest absolute Gasteiger partial charge is 0.306 e. The fraction of sp³-hybridized carbons (Fsp3) is 0.500. The summed E-state index contributed by atoms with van der Waals surface area (Å²) in [5.74, 6) is 0.0181. The summed E-state index contributed by atoms with van der Waals surface area (Å²) in [6.07, 6.45) is 17.4. The van der Waals surface area contributed by atoms with Gasteiger partial charge in [0.25, 0.3) is 11.6 Å². The number of aromatic nitrogens is 1. The van der Waals surface area contributed by atoms with Crippen molar-refractivity contribution in [1.29, 1.82) is 10.5 Å². The summed E-state index contributed by atoms with van der Waals surface area (Å²) in [7, 11) is 0. The second-order valence-corrected chi connectivity index (χ2v) is 17.1. The molecule has 1 aliphatic rings. The molecular formula is C54H68N6O3. The lowest BCUT2D eigenvalue weighted by molar-refractivity contribution is -0.145. The van der Waals surface area contributed by atoms with E-state index in [1.54, 1.807) is 0 Å². The number of benzene rings is 3. The summed E-state index contributed by atoms with van der Waals surface area (Å²) in [5.41, 5.74) is 5.36. The van der Waals surface area contributed by atoms with Crippen molar-refractivity contribution in [3.63, 3.8) is 0 Å². The van der Waals surface area contributed by atoms with Gasteiger partial charge in [-0.15, -0.1) is 0 Å². The first-order valence-electron chi connectivity index (χ1n) is 23.8. The number of para-hydroxylation sites is 1. The Kier molecular flexibility index (Phi) is 19.4. The van der Waals surface area contributed by atoms with Gasteiger partial charge in [-0.05, 0) is 79.5 Å². The van der Waals surface area contributed by atoms with Gasteiger partial charge in [0.05, 0.1) is 29.5 Å². The van der Waals surface area contributed by atoms with E-state index >= 15 is 0 Å². The van der Waals surface area contributed by atoms with E-state index in [2.05, 4.69) is 90.5 Å². The van der Waals surface area contributed by atoms with Gasteiger partial charge in [0.15, 0.2) is 0 Å². The second-order valence-electron chi connectivity index (χ2n) is 17.1. The number of unbranched alkanes of at least 4 members (excludes halogenated alkanes) is 10. The van der Waals surface area contributed by atoms with Gasteiger partial charge in [-0.1, -0.05) is 135 Å². The molecule has 1 unspecified atom stereocenters. The van der Waals surface area contributed by atoms with Crippen molar-refractivity contribution < 1.29 is 14.3 Å². The molecule has 1 aromatic heterocycles. The normalized spacial score (nSPS) is 13.9. The number of carbonyl (C=O) groups excluding carboxylic acids is 2. The molecule has 0 saturated carbocycles. The average molecular weight is 849 g/mol. The van der Waals surface area contributed by atoms with Crippen molar-refractivity contribution in [2.45, 2.75) is 150 Å². The van der Waals surface area contributed by atoms with Crippen LogP contribution in [0.5, 0.6) is 0 Å². The molecule has 9 nitrogen and oxygen atoms in total. The topological polar surface area (TPSA) is 107 Å². The third-order valence-corrected chi connectivity index (χ3v) is 12.6. The first-order valence-corrected chi connectivity index (χ1v) is 23.8. The summed E-state index contributed by atoms with van der Waals surface area (Å²) < 4.78 is 8.25. The van der Waals surface area contributed by atoms with E-state index in [0.717, 1.165) is 95.1 Å². The Balaban J connectivity index is 1.21. The maximum Gasteiger partial charge on any atom is 0.306 e. The monoisotopic (exact) mass is 849 g/mol. The molecule has 9 heteroatoms. The highest BCUT2D eigenvalue weighted by molar-refractivity contribution is 6.26. The average Bonchev–Trinajstić information content (AvgIpc) is 3.77. The maximum atomic E-state index is 13.9. The number of nitrogens with zero attached hydrogens (tertiary/aromatic N) is 6. The second kappa shape index (κ2) is 25.3. The van der Waals surface area contributed by atoms with Crippen LogP contribution in [0, 0.1) is 35.2 Å². The highest BCUT2D eigenvalue weighted by atomic mass is 16.5. The number of esters is 1. The SMILES string of the molecule is [C-]#[N+]/C(C#N)=C1/C(C#N)=C(c2ccc(N(CCCCCC(=O)OCc3ccc4c(c3)c3ccccc3n4CCCCCCC)CC(CC)CCCC)cc2)C(=O)N1CCCCCC. The highest BCUT2D eigenvalue weighted by Crippen LogP contribution is 2.38. The third-order valence-electron chi connectivity index (χ3n) is 12.6. The van der Waals surface area contributed by atoms with Crippen LogP contribution in [0.1, 0.15) is 148 Å². The fourth-order valence-electron chi connectivity index (χ4n) is 8.94. The molecule has 3 aromatic carbocycles. The number of hydrogen-bond donors (Lipinski definition) is 0. The number of ether oxygens (including phenoxy) is 1. The molecular weight excluding hydrogens is 781 g/mol. The number of allylic oxidation sites excluding steroid dienone is 2. The minimum Gasteiger partial charge on any atom is -0.461 e. The standard InChI is InChI=1S/C54H68N6O3/c1-6-10-13-15-22-34-59-49-25-19-18-24-45(49)46-36-42(27-32-50(46)59)40-63-51(61)26-17-16-20-33-58(39-41(9-4)23-12-8-3)44-30-28-43(29-31-44)52-47(37-55)53(48(38-56)57-5)60(54(52)62)35-21-14-11-7-2/h18-19,24-25,27-32,36,41H,6-17,20-23,26,33-35,39-40H2,1-4H3/b53-48-. The highest BCUT2D eigenvalue weighted by Gasteiger charge is 2.38. The zero-order chi connectivity index (χ0) is 45.0. The molecule has 1 atom stereocenters. The Hall–Kier alpha value is -5.85. The predicted molar refractivity (Wildman–Crippen MR) is 256 cm³/mol. The third kappa shape index (κ3) is 12.6. The molecule has 0 N–H and O–H groups in total. The van der Waals surface area contributed by atoms with Gasteiger partial charge in [0, 0.05) is 60.1 Å². The van der Waals surface area contributed by atoms with Crippen molar-refractivity contribution in [2.75, 3.05) is 24.5 Å². The van der Waals surface area contributed by atoms with Gasteiger partial charge in [0.1, 0.15) is 12.7 Å². The summed E-state index contributed by atoms with van der Waals surface area (Å²) in [6, 6.07) is 27.0. The zero-order valence-corrected chi connectivity index (χ0v) is 38.4. The number of anilines is 1. The van der Waals surface area contributed by atoms with Gasteiger partial charge in [-0.25, -0.2) is 10.1 Å². The molecule has 4 aromatic rings. The van der Waals surface area contributed by atoms with Gasteiger partial charge < -0.3 is 19.1 Å². The van der Waals surface area contributed by atoms with Crippen LogP contribution in [0.3, 0.4) is 0 Å². The van der Waals surface area contributed by atoms with Crippen molar-refractivity contribution in [2.24, 2.45) is 5.92 Å². The van der Waals surface area contributed by atoms with Crippen LogP contribution in [0.15, 0.2) is 83.7 Å². The first-order chi connectivity index (χ1) is 30.8. The largest absolute Gasteiger partial charge is 0.461 e. The molecule has 0 fully saturated rings. The van der Waals surface area contributed by atoms with Crippen LogP contribution >= 0.6 is 0 Å². The van der Waals surface area contributed by atoms with Crippen molar-refractivity contribution in [1.82, 2.24) is 9.47 Å². The van der Waals surface area contributed by atoms with Crippen molar-refractivity contribution in [3.8, 4) is 12.1 Å². The molecule has 0 spiro atoms. The molecule has 0 bridgehead atoms. The fourth-order valence-corrected chi connectivity index (χ4v) is 8.94. The van der Waals surface area contributed by atoms with Crippen LogP contribution in [0.4, 0.5) is 5.69 Å². The lowest BCUT2D eigenvalue weighted by Crippen LogP contribution is -2.30. The molecule has 63 heavy (non-hydrogen) atoms. The van der Waals surface area contributed by atoms with Crippen LogP contribution in [-0.4, -0.2) is 41.0 Å². The summed E-state index contributed by atoms with van der Waals surface area (Å²) in [4.78, 5) is 34.2. The molecule has 0 radical (unpaired) electrons. The summed E-state index contributed by atoms with van der Waals surface area (Å²) in [5, 5.41) is 22.5. The predicted octanol–water partition coefficient (Wildman–Crippen LogP) is 13.4. The number of nitriles is 2. The van der Waals surface area contributed by atoms with Gasteiger partial charge >= 0.3 is 5.97 Å². The minimum absolute atomic E-state index is 0.0879. The van der Waals surface area contributed by atoms with Gasteiger partial charge in [0.2, 0.25) is 0 Å². The van der Waals surface area contributed by atoms with Crippen LogP contribution < -0.4 is 4.90 Å². The number of fused-ring (bicyclic) bond motifs is 3. The number of hydrogen-bond acceptors (Lipinski definition) is 6. The minimum atomic E-state index is -0.337. The molecule has 5 rings (SSSR count). The Morgan fingerprint density at radius 2 is 1.48 bits per heavy atom. The van der Waals surface area contributed by atoms with E-state index in [4.69, 9.17) is 11.3 Å². The van der Waals surface area contributed by atoms with Crippen LogP contribution in [0.25, 0.3) is 32.2 Å². The summed E-state index contributed by atoms with van der Waals surface area (Å²) >= 11 is 0. The molecule has 332 valence electrons. The molecule has 1 amide bonds. The van der Waals surface area contributed by atoms with E-state index in [-0.39, 0.29) is 41.0 Å². The molecule has 0 saturated heterocycles. The Bertz CT molecular complexity index is 2320.